The number of urea groups is 1. The predicted octanol–water partition coefficient (Wildman–Crippen LogP) is 3.09. The molecule has 1 aliphatic heterocycles. The van der Waals surface area contributed by atoms with E-state index < -0.39 is 4.92 Å². The minimum absolute atomic E-state index is 0.0303. The molecular weight excluding hydrogens is 298 g/mol. The third kappa shape index (κ3) is 4.66. The number of benzene rings is 1. The first-order valence-electron chi connectivity index (χ1n) is 7.93. The summed E-state index contributed by atoms with van der Waals surface area (Å²) in [6.45, 7) is 5.28. The average Bonchev–Trinajstić information content (AvgIpc) is 2.55. The van der Waals surface area contributed by atoms with Crippen molar-refractivity contribution in [1.29, 1.82) is 0 Å². The lowest BCUT2D eigenvalue weighted by molar-refractivity contribution is -0.385. The summed E-state index contributed by atoms with van der Waals surface area (Å²) in [5.41, 5.74) is 1.10. The van der Waals surface area contributed by atoms with Gasteiger partial charge < -0.3 is 15.4 Å². The fraction of sp³-hybridized carbons (Fsp3) is 0.562. The maximum atomic E-state index is 12.1. The van der Waals surface area contributed by atoms with Gasteiger partial charge in [0.2, 0.25) is 0 Å². The van der Waals surface area contributed by atoms with Crippen molar-refractivity contribution in [2.45, 2.75) is 39.2 Å². The van der Waals surface area contributed by atoms with Gasteiger partial charge in [-0.05, 0) is 38.2 Å². The molecule has 2 amide bonds. The van der Waals surface area contributed by atoms with Gasteiger partial charge in [0.15, 0.2) is 0 Å². The van der Waals surface area contributed by atoms with E-state index in [-0.39, 0.29) is 17.8 Å². The number of hydrogen-bond acceptors (Lipinski definition) is 4. The fourth-order valence-electron chi connectivity index (χ4n) is 2.82. The number of nitro benzene ring substituents is 1. The summed E-state index contributed by atoms with van der Waals surface area (Å²) in [5.74, 6) is 0.395. The molecule has 2 N–H and O–H groups in total. The minimum Gasteiger partial charge on any atom is -0.381 e. The topological polar surface area (TPSA) is 93.5 Å². The molecule has 0 bridgehead atoms. The van der Waals surface area contributed by atoms with Crippen LogP contribution in [0.4, 0.5) is 16.2 Å². The number of aryl methyl sites for hydroxylation is 1. The number of carbonyl (C=O) groups excluding carboxylic acids is 1. The molecule has 1 fully saturated rings. The second-order valence-electron chi connectivity index (χ2n) is 5.79. The smallest absolute Gasteiger partial charge is 0.319 e. The number of nitrogens with zero attached hydrogens (tertiary/aromatic N) is 1. The molecule has 2 rings (SSSR count). The Kier molecular flexibility index (Phi) is 5.92. The van der Waals surface area contributed by atoms with Gasteiger partial charge in [0, 0.05) is 36.6 Å². The Morgan fingerprint density at radius 2 is 2.13 bits per heavy atom. The van der Waals surface area contributed by atoms with Gasteiger partial charge in [-0.15, -0.1) is 0 Å². The summed E-state index contributed by atoms with van der Waals surface area (Å²) in [7, 11) is 0. The average molecular weight is 321 g/mol. The molecule has 7 heteroatoms. The van der Waals surface area contributed by atoms with Gasteiger partial charge in [0.1, 0.15) is 0 Å². The molecule has 1 saturated heterocycles. The van der Waals surface area contributed by atoms with Crippen molar-refractivity contribution in [2.24, 2.45) is 5.92 Å². The van der Waals surface area contributed by atoms with Crippen molar-refractivity contribution in [3.8, 4) is 0 Å². The summed E-state index contributed by atoms with van der Waals surface area (Å²) in [4.78, 5) is 22.7. The van der Waals surface area contributed by atoms with E-state index in [1.54, 1.807) is 12.1 Å². The van der Waals surface area contributed by atoms with Gasteiger partial charge in [-0.2, -0.15) is 0 Å². The van der Waals surface area contributed by atoms with Gasteiger partial charge >= 0.3 is 6.03 Å². The van der Waals surface area contributed by atoms with Gasteiger partial charge in [-0.1, -0.05) is 13.0 Å². The van der Waals surface area contributed by atoms with Crippen LogP contribution in [-0.4, -0.2) is 30.2 Å². The maximum absolute atomic E-state index is 12.1. The summed E-state index contributed by atoms with van der Waals surface area (Å²) in [6.07, 6.45) is 2.43. The zero-order valence-corrected chi connectivity index (χ0v) is 13.5. The van der Waals surface area contributed by atoms with Crippen molar-refractivity contribution in [2.75, 3.05) is 18.5 Å². The van der Waals surface area contributed by atoms with Gasteiger partial charge in [-0.25, -0.2) is 4.79 Å². The molecular formula is C16H23N3O4. The highest BCUT2D eigenvalue weighted by atomic mass is 16.6. The van der Waals surface area contributed by atoms with Crippen molar-refractivity contribution >= 4 is 17.4 Å². The van der Waals surface area contributed by atoms with E-state index in [0.29, 0.717) is 23.6 Å². The summed E-state index contributed by atoms with van der Waals surface area (Å²) in [6, 6.07) is 4.45. The van der Waals surface area contributed by atoms with E-state index >= 15 is 0 Å². The number of ether oxygens (including phenoxy) is 1. The van der Waals surface area contributed by atoms with Crippen LogP contribution < -0.4 is 10.6 Å². The van der Waals surface area contributed by atoms with Gasteiger partial charge in [0.25, 0.3) is 5.69 Å². The molecule has 0 aliphatic carbocycles. The first-order valence-corrected chi connectivity index (χ1v) is 7.93. The van der Waals surface area contributed by atoms with E-state index in [2.05, 4.69) is 10.6 Å². The number of rotatable bonds is 5. The Hall–Kier alpha value is -2.15. The summed E-state index contributed by atoms with van der Waals surface area (Å²) < 4.78 is 5.32. The van der Waals surface area contributed by atoms with Crippen LogP contribution in [0.5, 0.6) is 0 Å². The molecule has 1 atom stereocenters. The van der Waals surface area contributed by atoms with Crippen LogP contribution in [0.25, 0.3) is 0 Å². The highest BCUT2D eigenvalue weighted by Crippen LogP contribution is 2.24. The third-order valence-electron chi connectivity index (χ3n) is 4.25. The van der Waals surface area contributed by atoms with E-state index in [4.69, 9.17) is 4.74 Å². The van der Waals surface area contributed by atoms with Crippen LogP contribution in [0.2, 0.25) is 0 Å². The van der Waals surface area contributed by atoms with E-state index in [1.165, 1.54) is 6.07 Å². The van der Waals surface area contributed by atoms with Crippen LogP contribution in [0.15, 0.2) is 18.2 Å². The van der Waals surface area contributed by atoms with Crippen LogP contribution in [0.1, 0.15) is 32.3 Å². The lowest BCUT2D eigenvalue weighted by Gasteiger charge is -2.28. The number of hydrogen-bond donors (Lipinski definition) is 2. The van der Waals surface area contributed by atoms with Gasteiger partial charge in [0.05, 0.1) is 4.92 Å². The number of nitro groups is 1. The number of carbonyl (C=O) groups is 1. The summed E-state index contributed by atoms with van der Waals surface area (Å²) >= 11 is 0. The predicted molar refractivity (Wildman–Crippen MR) is 87.6 cm³/mol. The zero-order valence-electron chi connectivity index (χ0n) is 13.5. The summed E-state index contributed by atoms with van der Waals surface area (Å²) in [5, 5.41) is 16.6. The van der Waals surface area contributed by atoms with Crippen molar-refractivity contribution < 1.29 is 14.5 Å². The molecule has 1 heterocycles. The minimum atomic E-state index is -0.424. The SMILES string of the molecule is CCc1ccc(NC(=O)N[C@@H](C)C2CCOCC2)cc1[N+](=O)[O-]. The highest BCUT2D eigenvalue weighted by molar-refractivity contribution is 5.89. The monoisotopic (exact) mass is 321 g/mol. The normalized spacial score (nSPS) is 16.6. The van der Waals surface area contributed by atoms with Crippen LogP contribution in [0.3, 0.4) is 0 Å². The molecule has 23 heavy (non-hydrogen) atoms. The van der Waals surface area contributed by atoms with Crippen molar-refractivity contribution in [3.63, 3.8) is 0 Å². The molecule has 1 aromatic rings. The van der Waals surface area contributed by atoms with Crippen molar-refractivity contribution in [3.05, 3.63) is 33.9 Å². The number of nitrogens with one attached hydrogen (secondary N) is 2. The molecule has 1 aliphatic rings. The van der Waals surface area contributed by atoms with Gasteiger partial charge in [-0.3, -0.25) is 10.1 Å². The lowest BCUT2D eigenvalue weighted by Crippen LogP contribution is -2.42. The Morgan fingerprint density at radius 1 is 1.43 bits per heavy atom. The molecule has 126 valence electrons. The third-order valence-corrected chi connectivity index (χ3v) is 4.25. The molecule has 0 unspecified atom stereocenters. The quantitative estimate of drug-likeness (QED) is 0.643. The Bertz CT molecular complexity index is 570. The fourth-order valence-corrected chi connectivity index (χ4v) is 2.82. The number of anilines is 1. The lowest BCUT2D eigenvalue weighted by atomic mass is 9.93. The zero-order chi connectivity index (χ0) is 16.8. The molecule has 1 aromatic carbocycles. The van der Waals surface area contributed by atoms with Crippen LogP contribution >= 0.6 is 0 Å². The van der Waals surface area contributed by atoms with Crippen LogP contribution in [0, 0.1) is 16.0 Å². The van der Waals surface area contributed by atoms with E-state index in [0.717, 1.165) is 26.1 Å². The number of amides is 2. The largest absolute Gasteiger partial charge is 0.381 e. The van der Waals surface area contributed by atoms with E-state index in [1.807, 2.05) is 13.8 Å². The Balaban J connectivity index is 1.96. The Morgan fingerprint density at radius 3 is 2.74 bits per heavy atom. The standard InChI is InChI=1S/C16H23N3O4/c1-3-12-4-5-14(10-15(12)19(21)22)18-16(20)17-11(2)13-6-8-23-9-7-13/h4-5,10-11,13H,3,6-9H2,1-2H3,(H2,17,18,20)/t11-/m0/s1. The second kappa shape index (κ2) is 7.92. The first kappa shape index (κ1) is 17.2. The van der Waals surface area contributed by atoms with Crippen molar-refractivity contribution in [1.82, 2.24) is 5.32 Å². The van der Waals surface area contributed by atoms with Crippen LogP contribution in [-0.2, 0) is 11.2 Å². The molecule has 7 nitrogen and oxygen atoms in total. The molecule has 0 spiro atoms. The molecule has 0 radical (unpaired) electrons. The Labute approximate surface area is 135 Å². The second-order valence-corrected chi connectivity index (χ2v) is 5.79. The van der Waals surface area contributed by atoms with E-state index in [9.17, 15) is 14.9 Å². The first-order chi connectivity index (χ1) is 11.0. The molecule has 0 aromatic heterocycles. The maximum Gasteiger partial charge on any atom is 0.319 e. The molecule has 0 saturated carbocycles. The highest BCUT2D eigenvalue weighted by Gasteiger charge is 2.22.